The normalized spacial score (nSPS) is 10.9. The van der Waals surface area contributed by atoms with Crippen LogP contribution in [0.1, 0.15) is 16.1 Å². The van der Waals surface area contributed by atoms with E-state index in [1.165, 1.54) is 5.01 Å². The number of nitrogens with one attached hydrogen (secondary N) is 1. The standard InChI is InChI=1S/C13H13Cl2N3O2/c1-7-10(13(19)16-18(2)3)12(17-20-7)11-8(14)5-4-6-9(11)15/h4-6H,1-3H3,(H,16,19). The second kappa shape index (κ2) is 5.83. The molecule has 0 atom stereocenters. The molecular weight excluding hydrogens is 301 g/mol. The van der Waals surface area contributed by atoms with Crippen LogP contribution >= 0.6 is 23.2 Å². The molecule has 1 aromatic heterocycles. The van der Waals surface area contributed by atoms with Crippen molar-refractivity contribution >= 4 is 29.1 Å². The van der Waals surface area contributed by atoms with Crippen molar-refractivity contribution in [2.75, 3.05) is 14.1 Å². The first-order chi connectivity index (χ1) is 9.41. The SMILES string of the molecule is Cc1onc(-c2c(Cl)cccc2Cl)c1C(=O)NN(C)C. The molecule has 1 heterocycles. The lowest BCUT2D eigenvalue weighted by Crippen LogP contribution is -2.36. The van der Waals surface area contributed by atoms with Crippen LogP contribution in [0.4, 0.5) is 0 Å². The molecule has 2 rings (SSSR count). The minimum atomic E-state index is -0.334. The van der Waals surface area contributed by atoms with E-state index in [-0.39, 0.29) is 5.91 Å². The summed E-state index contributed by atoms with van der Waals surface area (Å²) in [5.74, 6) is 0.0649. The van der Waals surface area contributed by atoms with E-state index < -0.39 is 0 Å². The second-order valence-corrected chi connectivity index (χ2v) is 5.21. The highest BCUT2D eigenvalue weighted by molar-refractivity contribution is 6.39. The van der Waals surface area contributed by atoms with Gasteiger partial charge in [0, 0.05) is 19.7 Å². The summed E-state index contributed by atoms with van der Waals surface area (Å²) in [6, 6.07) is 5.08. The summed E-state index contributed by atoms with van der Waals surface area (Å²) in [6.45, 7) is 1.66. The predicted molar refractivity (Wildman–Crippen MR) is 77.8 cm³/mol. The highest BCUT2D eigenvalue weighted by Gasteiger charge is 2.24. The maximum absolute atomic E-state index is 12.2. The van der Waals surface area contributed by atoms with Gasteiger partial charge >= 0.3 is 0 Å². The molecular formula is C13H13Cl2N3O2. The minimum absolute atomic E-state index is 0.314. The summed E-state index contributed by atoms with van der Waals surface area (Å²) in [5.41, 5.74) is 3.77. The van der Waals surface area contributed by atoms with E-state index in [1.807, 2.05) is 0 Å². The molecule has 1 aromatic carbocycles. The second-order valence-electron chi connectivity index (χ2n) is 4.39. The van der Waals surface area contributed by atoms with Crippen LogP contribution < -0.4 is 5.43 Å². The Morgan fingerprint density at radius 3 is 2.45 bits per heavy atom. The van der Waals surface area contributed by atoms with Crippen molar-refractivity contribution in [3.8, 4) is 11.3 Å². The molecule has 7 heteroatoms. The average Bonchev–Trinajstić information content (AvgIpc) is 2.70. The van der Waals surface area contributed by atoms with Crippen LogP contribution in [0.2, 0.25) is 10.0 Å². The number of aryl methyl sites for hydroxylation is 1. The van der Waals surface area contributed by atoms with E-state index in [2.05, 4.69) is 10.6 Å². The van der Waals surface area contributed by atoms with E-state index >= 15 is 0 Å². The van der Waals surface area contributed by atoms with Gasteiger partial charge in [-0.05, 0) is 19.1 Å². The fourth-order valence-corrected chi connectivity index (χ4v) is 2.37. The maximum atomic E-state index is 12.2. The summed E-state index contributed by atoms with van der Waals surface area (Å²) in [5, 5.41) is 6.26. The predicted octanol–water partition coefficient (Wildman–Crippen LogP) is 3.16. The Hall–Kier alpha value is -1.56. The molecule has 0 bridgehead atoms. The van der Waals surface area contributed by atoms with Gasteiger partial charge in [0.25, 0.3) is 5.91 Å². The number of halogens is 2. The van der Waals surface area contributed by atoms with Gasteiger partial charge in [0.1, 0.15) is 17.0 Å². The summed E-state index contributed by atoms with van der Waals surface area (Å²) in [7, 11) is 3.42. The lowest BCUT2D eigenvalue weighted by molar-refractivity contribution is 0.0856. The van der Waals surface area contributed by atoms with Gasteiger partial charge in [-0.1, -0.05) is 34.4 Å². The fraction of sp³-hybridized carbons (Fsp3) is 0.231. The third kappa shape index (κ3) is 2.80. The molecule has 5 nitrogen and oxygen atoms in total. The lowest BCUT2D eigenvalue weighted by Gasteiger charge is -2.12. The number of hydrazine groups is 1. The third-order valence-electron chi connectivity index (χ3n) is 2.61. The molecule has 0 radical (unpaired) electrons. The summed E-state index contributed by atoms with van der Waals surface area (Å²) >= 11 is 12.3. The first-order valence-electron chi connectivity index (χ1n) is 5.80. The molecule has 0 saturated heterocycles. The number of benzene rings is 1. The number of amides is 1. The maximum Gasteiger partial charge on any atom is 0.271 e. The molecule has 106 valence electrons. The largest absolute Gasteiger partial charge is 0.360 e. The zero-order valence-corrected chi connectivity index (χ0v) is 12.7. The fourth-order valence-electron chi connectivity index (χ4n) is 1.79. The van der Waals surface area contributed by atoms with Crippen LogP contribution in [0.15, 0.2) is 22.7 Å². The topological polar surface area (TPSA) is 58.4 Å². The van der Waals surface area contributed by atoms with Gasteiger partial charge < -0.3 is 4.52 Å². The van der Waals surface area contributed by atoms with Gasteiger partial charge in [0.2, 0.25) is 0 Å². The highest BCUT2D eigenvalue weighted by Crippen LogP contribution is 2.36. The van der Waals surface area contributed by atoms with Gasteiger partial charge in [-0.15, -0.1) is 0 Å². The number of aromatic nitrogens is 1. The van der Waals surface area contributed by atoms with Crippen LogP contribution in [-0.2, 0) is 0 Å². The Kier molecular flexibility index (Phi) is 4.32. The number of carbonyl (C=O) groups excluding carboxylic acids is 1. The minimum Gasteiger partial charge on any atom is -0.360 e. The molecule has 20 heavy (non-hydrogen) atoms. The van der Waals surface area contributed by atoms with Crippen LogP contribution in [0.25, 0.3) is 11.3 Å². The molecule has 0 aliphatic rings. The Morgan fingerprint density at radius 1 is 1.30 bits per heavy atom. The monoisotopic (exact) mass is 313 g/mol. The van der Waals surface area contributed by atoms with E-state index in [4.69, 9.17) is 27.7 Å². The van der Waals surface area contributed by atoms with Gasteiger partial charge in [-0.2, -0.15) is 0 Å². The number of carbonyl (C=O) groups is 1. The van der Waals surface area contributed by atoms with E-state index in [9.17, 15) is 4.79 Å². The Balaban J connectivity index is 2.57. The zero-order chi connectivity index (χ0) is 14.9. The number of hydrogen-bond acceptors (Lipinski definition) is 4. The number of hydrogen-bond donors (Lipinski definition) is 1. The van der Waals surface area contributed by atoms with Crippen LogP contribution in [0.3, 0.4) is 0 Å². The van der Waals surface area contributed by atoms with Crippen molar-refractivity contribution in [3.63, 3.8) is 0 Å². The van der Waals surface area contributed by atoms with Crippen molar-refractivity contribution in [1.82, 2.24) is 15.6 Å². The van der Waals surface area contributed by atoms with Crippen LogP contribution in [0, 0.1) is 6.92 Å². The zero-order valence-electron chi connectivity index (χ0n) is 11.2. The molecule has 0 aliphatic carbocycles. The molecule has 1 N–H and O–H groups in total. The quantitative estimate of drug-likeness (QED) is 0.884. The Labute approximate surface area is 126 Å². The molecule has 1 amide bonds. The molecule has 0 aliphatic heterocycles. The van der Waals surface area contributed by atoms with Gasteiger partial charge in [-0.25, -0.2) is 5.01 Å². The molecule has 2 aromatic rings. The molecule has 0 saturated carbocycles. The molecule has 0 spiro atoms. The van der Waals surface area contributed by atoms with E-state index in [0.29, 0.717) is 32.6 Å². The van der Waals surface area contributed by atoms with Crippen molar-refractivity contribution in [2.45, 2.75) is 6.92 Å². The summed E-state index contributed by atoms with van der Waals surface area (Å²) < 4.78 is 5.12. The smallest absolute Gasteiger partial charge is 0.271 e. The number of nitrogens with zero attached hydrogens (tertiary/aromatic N) is 2. The first-order valence-corrected chi connectivity index (χ1v) is 6.56. The Morgan fingerprint density at radius 2 is 1.90 bits per heavy atom. The Bertz CT molecular complexity index is 633. The van der Waals surface area contributed by atoms with Crippen molar-refractivity contribution in [1.29, 1.82) is 0 Å². The average molecular weight is 314 g/mol. The van der Waals surface area contributed by atoms with Crippen molar-refractivity contribution in [3.05, 3.63) is 39.6 Å². The molecule has 0 unspecified atom stereocenters. The van der Waals surface area contributed by atoms with E-state index in [1.54, 1.807) is 39.2 Å². The third-order valence-corrected chi connectivity index (χ3v) is 3.24. The van der Waals surface area contributed by atoms with Crippen LogP contribution in [-0.4, -0.2) is 30.2 Å². The molecule has 0 fully saturated rings. The summed E-state index contributed by atoms with van der Waals surface area (Å²) in [6.07, 6.45) is 0. The van der Waals surface area contributed by atoms with Crippen molar-refractivity contribution < 1.29 is 9.32 Å². The van der Waals surface area contributed by atoms with Crippen LogP contribution in [0.5, 0.6) is 0 Å². The van der Waals surface area contributed by atoms with Crippen molar-refractivity contribution in [2.24, 2.45) is 0 Å². The first kappa shape index (κ1) is 14.8. The highest BCUT2D eigenvalue weighted by atomic mass is 35.5. The van der Waals surface area contributed by atoms with Gasteiger partial charge in [0.05, 0.1) is 10.0 Å². The van der Waals surface area contributed by atoms with Gasteiger partial charge in [-0.3, -0.25) is 10.2 Å². The lowest BCUT2D eigenvalue weighted by atomic mass is 10.1. The van der Waals surface area contributed by atoms with E-state index in [0.717, 1.165) is 0 Å². The summed E-state index contributed by atoms with van der Waals surface area (Å²) in [4.78, 5) is 12.2. The van der Waals surface area contributed by atoms with Gasteiger partial charge in [0.15, 0.2) is 0 Å². The number of rotatable bonds is 3.